The average Bonchev–Trinajstić information content (AvgIpc) is 3.36. The topological polar surface area (TPSA) is 231 Å². The van der Waals surface area contributed by atoms with E-state index in [2.05, 4.69) is 81.5 Å². The predicted molar refractivity (Wildman–Crippen MR) is 289 cm³/mol. The summed E-state index contributed by atoms with van der Waals surface area (Å²) in [5.41, 5.74) is 0. The van der Waals surface area contributed by atoms with Crippen LogP contribution in [0.25, 0.3) is 0 Å². The Balaban J connectivity index is 4.66. The van der Waals surface area contributed by atoms with Crippen LogP contribution in [0, 0.1) is 0 Å². The summed E-state index contributed by atoms with van der Waals surface area (Å²) in [4.78, 5) is 57.8. The van der Waals surface area contributed by atoms with E-state index in [0.29, 0.717) is 19.3 Å². The molecule has 4 N–H and O–H groups in total. The number of unbranched alkanes of at least 4 members (excludes halogenated alkanes) is 19. The van der Waals surface area contributed by atoms with E-state index < -0.39 is 91.5 Å². The predicted octanol–water partition coefficient (Wildman–Crippen LogP) is 13.5. The van der Waals surface area contributed by atoms with Crippen LogP contribution >= 0.6 is 15.6 Å². The average molecular weight is 1080 g/mol. The van der Waals surface area contributed by atoms with E-state index in [0.717, 1.165) is 128 Å². The Labute approximate surface area is 440 Å². The van der Waals surface area contributed by atoms with Gasteiger partial charge in [0.1, 0.15) is 25.4 Å². The molecule has 5 atom stereocenters. The van der Waals surface area contributed by atoms with Crippen molar-refractivity contribution < 1.29 is 75.8 Å². The van der Waals surface area contributed by atoms with Crippen LogP contribution < -0.4 is 0 Å². The van der Waals surface area contributed by atoms with E-state index in [4.69, 9.17) is 32.3 Å². The van der Waals surface area contributed by atoms with Crippen LogP contribution in [0.4, 0.5) is 0 Å². The van der Waals surface area contributed by atoms with Crippen LogP contribution in [0.3, 0.4) is 0 Å². The van der Waals surface area contributed by atoms with Crippen LogP contribution in [0.5, 0.6) is 0 Å². The molecule has 0 saturated carbocycles. The molecule has 424 valence electrons. The van der Waals surface area contributed by atoms with Crippen molar-refractivity contribution in [3.05, 3.63) is 60.8 Å². The van der Waals surface area contributed by atoms with Crippen molar-refractivity contribution in [3.63, 3.8) is 0 Å². The molecule has 0 aromatic heterocycles. The summed E-state index contributed by atoms with van der Waals surface area (Å²) in [5, 5.41) is 20.4. The van der Waals surface area contributed by atoms with E-state index in [1.54, 1.807) is 0 Å². The third-order valence-corrected chi connectivity index (χ3v) is 13.1. The molecule has 5 unspecified atom stereocenters. The number of carbonyl (C=O) groups is 3. The highest BCUT2D eigenvalue weighted by Crippen LogP contribution is 2.45. The lowest BCUT2D eigenvalue weighted by atomic mass is 10.1. The fourth-order valence-corrected chi connectivity index (χ4v) is 8.48. The maximum Gasteiger partial charge on any atom is 0.472 e. The normalized spacial score (nSPS) is 15.1. The van der Waals surface area contributed by atoms with Crippen molar-refractivity contribution in [1.29, 1.82) is 0 Å². The van der Waals surface area contributed by atoms with Gasteiger partial charge in [-0.15, -0.1) is 0 Å². The number of esters is 3. The van der Waals surface area contributed by atoms with E-state index in [9.17, 15) is 43.5 Å². The molecule has 0 aromatic rings. The molecule has 73 heavy (non-hydrogen) atoms. The second kappa shape index (κ2) is 50.1. The Morgan fingerprint density at radius 1 is 0.397 bits per heavy atom. The third kappa shape index (κ3) is 51.1. The SMILES string of the molecule is CC/C=C\C/C=C\C/C=C\CCCCCCCC(=O)OCC(O)COP(=O)(O)OCC(O)COP(=O)(O)OCC(COC(=O)CCCCCCC/C=C\CCCC)OC(=O)CCCCCCC/C=C\CCCC. The molecule has 0 aliphatic heterocycles. The van der Waals surface area contributed by atoms with Gasteiger partial charge in [-0.05, 0) is 89.9 Å². The van der Waals surface area contributed by atoms with Crippen LogP contribution in [-0.2, 0) is 55.8 Å². The summed E-state index contributed by atoms with van der Waals surface area (Å²) in [6.07, 6.45) is 44.6. The van der Waals surface area contributed by atoms with E-state index in [1.807, 2.05) is 0 Å². The van der Waals surface area contributed by atoms with E-state index >= 15 is 0 Å². The number of rotatable bonds is 52. The lowest BCUT2D eigenvalue weighted by Gasteiger charge is -2.21. The zero-order chi connectivity index (χ0) is 53.9. The highest BCUT2D eigenvalue weighted by atomic mass is 31.2. The molecule has 16 nitrogen and oxygen atoms in total. The second-order valence-corrected chi connectivity index (χ2v) is 21.3. The zero-order valence-corrected chi connectivity index (χ0v) is 46.8. The number of allylic oxidation sites excluding steroid dienone is 10. The number of aliphatic hydroxyl groups is 2. The molecule has 0 saturated heterocycles. The van der Waals surface area contributed by atoms with Crippen LogP contribution in [-0.4, -0.2) is 95.9 Å². The van der Waals surface area contributed by atoms with Gasteiger partial charge in [0.2, 0.25) is 0 Å². The lowest BCUT2D eigenvalue weighted by molar-refractivity contribution is -0.161. The molecule has 0 amide bonds. The first-order chi connectivity index (χ1) is 35.2. The lowest BCUT2D eigenvalue weighted by Crippen LogP contribution is -2.30. The first-order valence-electron chi connectivity index (χ1n) is 27.6. The van der Waals surface area contributed by atoms with Crippen LogP contribution in [0.15, 0.2) is 60.8 Å². The molecule has 0 aliphatic carbocycles. The van der Waals surface area contributed by atoms with Gasteiger partial charge in [0.25, 0.3) is 0 Å². The van der Waals surface area contributed by atoms with Gasteiger partial charge in [0.15, 0.2) is 6.10 Å². The number of phosphoric acid groups is 2. The number of ether oxygens (including phenoxy) is 3. The number of carbonyl (C=O) groups excluding carboxylic acids is 3. The Hall–Kier alpha value is -2.75. The largest absolute Gasteiger partial charge is 0.472 e. The highest BCUT2D eigenvalue weighted by molar-refractivity contribution is 7.47. The molecule has 0 heterocycles. The van der Waals surface area contributed by atoms with E-state index in [-0.39, 0.29) is 19.3 Å². The van der Waals surface area contributed by atoms with Gasteiger partial charge >= 0.3 is 33.6 Å². The molecule has 0 radical (unpaired) electrons. The van der Waals surface area contributed by atoms with Crippen molar-refractivity contribution in [3.8, 4) is 0 Å². The van der Waals surface area contributed by atoms with Crippen molar-refractivity contribution in [2.75, 3.05) is 39.6 Å². The van der Waals surface area contributed by atoms with Gasteiger partial charge in [0.05, 0.1) is 26.4 Å². The van der Waals surface area contributed by atoms with Gasteiger partial charge in [-0.1, -0.05) is 165 Å². The molecule has 18 heteroatoms. The van der Waals surface area contributed by atoms with Crippen molar-refractivity contribution in [2.45, 2.75) is 232 Å². The Bertz CT molecular complexity index is 1600. The first kappa shape index (κ1) is 70.2. The van der Waals surface area contributed by atoms with Crippen molar-refractivity contribution >= 4 is 33.6 Å². The fraction of sp³-hybridized carbons (Fsp3) is 0.764. The first-order valence-corrected chi connectivity index (χ1v) is 30.6. The summed E-state index contributed by atoms with van der Waals surface area (Å²) in [7, 11) is -9.75. The molecular formula is C55H98O16P2. The minimum atomic E-state index is -4.91. The summed E-state index contributed by atoms with van der Waals surface area (Å²) >= 11 is 0. The molecule has 0 rings (SSSR count). The second-order valence-electron chi connectivity index (χ2n) is 18.3. The number of aliphatic hydroxyl groups excluding tert-OH is 2. The Morgan fingerprint density at radius 2 is 0.726 bits per heavy atom. The monoisotopic (exact) mass is 1080 g/mol. The fourth-order valence-electron chi connectivity index (χ4n) is 6.90. The summed E-state index contributed by atoms with van der Waals surface area (Å²) in [6.45, 7) is 2.39. The van der Waals surface area contributed by atoms with Gasteiger partial charge < -0.3 is 34.2 Å². The van der Waals surface area contributed by atoms with Crippen LogP contribution in [0.1, 0.15) is 213 Å². The Morgan fingerprint density at radius 3 is 1.16 bits per heavy atom. The van der Waals surface area contributed by atoms with Crippen molar-refractivity contribution in [1.82, 2.24) is 0 Å². The number of hydrogen-bond acceptors (Lipinski definition) is 14. The molecule has 0 bridgehead atoms. The summed E-state index contributed by atoms with van der Waals surface area (Å²) in [5.74, 6) is -1.61. The maximum atomic E-state index is 12.8. The number of hydrogen-bond donors (Lipinski definition) is 4. The quantitative estimate of drug-likeness (QED) is 0.0146. The molecule has 0 fully saturated rings. The smallest absolute Gasteiger partial charge is 0.463 e. The van der Waals surface area contributed by atoms with Gasteiger partial charge in [-0.2, -0.15) is 0 Å². The zero-order valence-electron chi connectivity index (χ0n) is 45.0. The van der Waals surface area contributed by atoms with Gasteiger partial charge in [0, 0.05) is 19.3 Å². The molecule has 0 aliphatic rings. The van der Waals surface area contributed by atoms with Gasteiger partial charge in [-0.3, -0.25) is 32.5 Å². The Kier molecular flexibility index (Phi) is 48.2. The molecule has 0 spiro atoms. The van der Waals surface area contributed by atoms with E-state index in [1.165, 1.54) is 25.7 Å². The minimum Gasteiger partial charge on any atom is -0.463 e. The minimum absolute atomic E-state index is 0.0938. The van der Waals surface area contributed by atoms with Crippen molar-refractivity contribution in [2.24, 2.45) is 0 Å². The maximum absolute atomic E-state index is 12.8. The molecular weight excluding hydrogens is 979 g/mol. The van der Waals surface area contributed by atoms with Crippen LogP contribution in [0.2, 0.25) is 0 Å². The highest BCUT2D eigenvalue weighted by Gasteiger charge is 2.29. The summed E-state index contributed by atoms with van der Waals surface area (Å²) in [6, 6.07) is 0. The number of phosphoric ester groups is 2. The third-order valence-electron chi connectivity index (χ3n) is 11.2. The summed E-state index contributed by atoms with van der Waals surface area (Å²) < 4.78 is 60.3. The van der Waals surface area contributed by atoms with Gasteiger partial charge in [-0.25, -0.2) is 9.13 Å². The molecule has 0 aromatic carbocycles. The standard InChI is InChI=1S/C55H98O16P2/c1-4-7-10-13-16-19-22-23-24-25-28-30-32-35-38-41-53(58)65-44-50(56)45-67-72(61,62)68-46-51(57)47-69-73(63,64)70-49-52(71-55(60)43-40-37-34-31-27-21-18-15-12-9-6-3)48-66-54(59)42-39-36-33-29-26-20-17-14-11-8-5-2/h7,10,14-19,23-24,50-52,56-57H,4-6,8-9,11-13,20-22,25-49H2,1-3H3,(H,61,62)(H,63,64)/b10-7-,17-14-,18-15-,19-16-,24-23-.